The van der Waals surface area contributed by atoms with Gasteiger partial charge in [0, 0.05) is 22.3 Å². The molecule has 2 amide bonds. The molecule has 0 aliphatic carbocycles. The van der Waals surface area contributed by atoms with Crippen LogP contribution in [-0.4, -0.2) is 23.2 Å². The Hall–Kier alpha value is -8.48. The lowest BCUT2D eigenvalue weighted by atomic mass is 9.95. The Balaban J connectivity index is 0.000000186. The van der Waals surface area contributed by atoms with Crippen LogP contribution >= 0.6 is 0 Å². The fourth-order valence-electron chi connectivity index (χ4n) is 6.52. The number of nitrogens with one attached hydrogen (secondary N) is 2. The van der Waals surface area contributed by atoms with Crippen molar-refractivity contribution in [1.82, 2.24) is 10.9 Å². The maximum absolute atomic E-state index is 12.6. The van der Waals surface area contributed by atoms with Crippen molar-refractivity contribution in [2.75, 3.05) is 0 Å². The Bertz CT molecular complexity index is 2480. The van der Waals surface area contributed by atoms with Crippen LogP contribution in [0, 0.1) is 0 Å². The summed E-state index contributed by atoms with van der Waals surface area (Å²) < 4.78 is 0. The highest BCUT2D eigenvalue weighted by Crippen LogP contribution is 2.26. The summed E-state index contributed by atoms with van der Waals surface area (Å²) in [5.74, 6) is -0.494. The van der Waals surface area contributed by atoms with E-state index >= 15 is 0 Å². The van der Waals surface area contributed by atoms with Crippen molar-refractivity contribution < 1.29 is 9.59 Å². The molecule has 2 N–H and O–H groups in total. The van der Waals surface area contributed by atoms with Gasteiger partial charge in [-0.1, -0.05) is 218 Å². The zero-order valence-electron chi connectivity index (χ0n) is 34.0. The summed E-state index contributed by atoms with van der Waals surface area (Å²) in [4.78, 5) is 25.1. The van der Waals surface area contributed by atoms with Gasteiger partial charge in [0.15, 0.2) is 0 Å². The van der Waals surface area contributed by atoms with E-state index in [2.05, 4.69) is 69.6 Å². The number of nitrogens with zero attached hydrogens (tertiary/aromatic N) is 2. The minimum absolute atomic E-state index is 0.247. The molecule has 0 radical (unpaired) electrons. The third-order valence-corrected chi connectivity index (χ3v) is 9.67. The third kappa shape index (κ3) is 11.8. The van der Waals surface area contributed by atoms with Crippen LogP contribution in [0.2, 0.25) is 0 Å². The fraction of sp³-hybridized carbons (Fsp3) is 0. The Morgan fingerprint density at radius 3 is 0.694 bits per heavy atom. The molecule has 0 saturated carbocycles. The van der Waals surface area contributed by atoms with Crippen molar-refractivity contribution in [3.63, 3.8) is 0 Å². The molecule has 0 heterocycles. The predicted octanol–water partition coefficient (Wildman–Crippen LogP) is 11.9. The van der Waals surface area contributed by atoms with Crippen LogP contribution in [0.25, 0.3) is 11.1 Å². The Labute approximate surface area is 363 Å². The van der Waals surface area contributed by atoms with Crippen molar-refractivity contribution in [1.29, 1.82) is 0 Å². The number of allylic oxidation sites excluding steroid dienone is 2. The van der Waals surface area contributed by atoms with Crippen LogP contribution in [-0.2, 0) is 0 Å². The van der Waals surface area contributed by atoms with Gasteiger partial charge in [-0.15, -0.1) is 0 Å². The largest absolute Gasteiger partial charge is 0.271 e. The number of hydrogen-bond acceptors (Lipinski definition) is 4. The number of hydrogen-bond donors (Lipinski definition) is 2. The first-order chi connectivity index (χ1) is 30.6. The molecule has 8 rings (SSSR count). The van der Waals surface area contributed by atoms with Crippen LogP contribution in [0.4, 0.5) is 0 Å². The third-order valence-electron chi connectivity index (χ3n) is 9.67. The van der Waals surface area contributed by atoms with Crippen LogP contribution in [0.5, 0.6) is 0 Å². The zero-order chi connectivity index (χ0) is 42.6. The molecule has 300 valence electrons. The summed E-state index contributed by atoms with van der Waals surface area (Å²) in [5.41, 5.74) is 16.1. The fourth-order valence-corrected chi connectivity index (χ4v) is 6.52. The quantitative estimate of drug-likeness (QED) is 0.0952. The van der Waals surface area contributed by atoms with E-state index in [1.807, 2.05) is 182 Å². The average Bonchev–Trinajstić information content (AvgIpc) is 3.36. The molecule has 0 saturated heterocycles. The summed E-state index contributed by atoms with van der Waals surface area (Å²) >= 11 is 0. The van der Waals surface area contributed by atoms with Gasteiger partial charge in [-0.05, 0) is 69.8 Å². The Morgan fingerprint density at radius 1 is 0.274 bits per heavy atom. The van der Waals surface area contributed by atoms with Crippen LogP contribution in [0.3, 0.4) is 0 Å². The lowest BCUT2D eigenvalue weighted by Gasteiger charge is -2.11. The monoisotopic (exact) mass is 804 g/mol. The molecular formula is C56H44N4O2. The minimum Gasteiger partial charge on any atom is -0.267 e. The normalized spacial score (nSPS) is 10.9. The molecule has 0 aliphatic rings. The SMILES string of the molecule is O=C(N/N=C(\C=C(c1ccccc1)c1ccccc1)c1ccccc1)c1ccccc1.O=C(N/N=C(\C=C(c1ccccc1)c1ccccc1)c1ccccc1)c1ccccc1. The molecule has 0 unspecified atom stereocenters. The maximum Gasteiger partial charge on any atom is 0.271 e. The van der Waals surface area contributed by atoms with E-state index in [9.17, 15) is 9.59 Å². The van der Waals surface area contributed by atoms with E-state index in [0.717, 1.165) is 44.5 Å². The second kappa shape index (κ2) is 22.0. The smallest absolute Gasteiger partial charge is 0.267 e. The molecule has 8 aromatic carbocycles. The molecule has 0 fully saturated rings. The first-order valence-electron chi connectivity index (χ1n) is 20.2. The van der Waals surface area contributed by atoms with Crippen LogP contribution in [0.15, 0.2) is 265 Å². The second-order valence-electron chi connectivity index (χ2n) is 13.9. The topological polar surface area (TPSA) is 82.9 Å². The molecule has 6 heteroatoms. The van der Waals surface area contributed by atoms with E-state index in [1.54, 1.807) is 24.3 Å². The Kier molecular flexibility index (Phi) is 14.8. The highest BCUT2D eigenvalue weighted by Gasteiger charge is 2.12. The zero-order valence-corrected chi connectivity index (χ0v) is 34.0. The molecule has 0 atom stereocenters. The molecule has 62 heavy (non-hydrogen) atoms. The summed E-state index contributed by atoms with van der Waals surface area (Å²) in [6.45, 7) is 0. The molecule has 0 aliphatic heterocycles. The van der Waals surface area contributed by atoms with Gasteiger partial charge in [-0.2, -0.15) is 10.2 Å². The van der Waals surface area contributed by atoms with E-state index in [-0.39, 0.29) is 11.8 Å². The van der Waals surface area contributed by atoms with Gasteiger partial charge in [0.25, 0.3) is 11.8 Å². The van der Waals surface area contributed by atoms with E-state index in [1.165, 1.54) is 0 Å². The first-order valence-corrected chi connectivity index (χ1v) is 20.2. The molecule has 0 aromatic heterocycles. The molecule has 6 nitrogen and oxygen atoms in total. The van der Waals surface area contributed by atoms with Crippen molar-refractivity contribution >= 4 is 34.4 Å². The molecule has 0 spiro atoms. The summed E-state index contributed by atoms with van der Waals surface area (Å²) in [7, 11) is 0. The Morgan fingerprint density at radius 2 is 0.468 bits per heavy atom. The van der Waals surface area contributed by atoms with Gasteiger partial charge in [0.2, 0.25) is 0 Å². The van der Waals surface area contributed by atoms with Crippen LogP contribution < -0.4 is 10.9 Å². The van der Waals surface area contributed by atoms with Crippen LogP contribution in [0.1, 0.15) is 54.1 Å². The van der Waals surface area contributed by atoms with Gasteiger partial charge < -0.3 is 0 Å². The van der Waals surface area contributed by atoms with Gasteiger partial charge >= 0.3 is 0 Å². The summed E-state index contributed by atoms with van der Waals surface area (Å²) in [5, 5.41) is 9.00. The van der Waals surface area contributed by atoms with E-state index < -0.39 is 0 Å². The number of rotatable bonds is 12. The van der Waals surface area contributed by atoms with Crippen molar-refractivity contribution in [3.8, 4) is 0 Å². The molecular weight excluding hydrogens is 761 g/mol. The summed E-state index contributed by atoms with van der Waals surface area (Å²) in [6, 6.07) is 78.6. The van der Waals surface area contributed by atoms with Crippen molar-refractivity contribution in [2.24, 2.45) is 10.2 Å². The number of hydrazone groups is 2. The molecule has 0 bridgehead atoms. The van der Waals surface area contributed by atoms with Crippen molar-refractivity contribution in [3.05, 3.63) is 299 Å². The second-order valence-corrected chi connectivity index (χ2v) is 13.9. The van der Waals surface area contributed by atoms with E-state index in [0.29, 0.717) is 22.6 Å². The van der Waals surface area contributed by atoms with Gasteiger partial charge in [0.05, 0.1) is 11.4 Å². The predicted molar refractivity (Wildman–Crippen MR) is 254 cm³/mol. The average molecular weight is 805 g/mol. The number of benzene rings is 8. The highest BCUT2D eigenvalue weighted by atomic mass is 16.2. The first kappa shape index (κ1) is 41.7. The van der Waals surface area contributed by atoms with Gasteiger partial charge in [0.1, 0.15) is 0 Å². The minimum atomic E-state index is -0.247. The van der Waals surface area contributed by atoms with E-state index in [4.69, 9.17) is 0 Å². The summed E-state index contributed by atoms with van der Waals surface area (Å²) in [6.07, 6.45) is 4.04. The number of carbonyl (C=O) groups excluding carboxylic acids is 2. The highest BCUT2D eigenvalue weighted by molar-refractivity contribution is 6.15. The van der Waals surface area contributed by atoms with Crippen molar-refractivity contribution in [2.45, 2.75) is 0 Å². The maximum atomic E-state index is 12.6. The lowest BCUT2D eigenvalue weighted by molar-refractivity contribution is 0.0947. The number of carbonyl (C=O) groups is 2. The standard InChI is InChI=1S/2C28H22N2O/c2*31-28(25-19-11-4-12-20-25)30-29-27(24-17-9-3-10-18-24)21-26(22-13-5-1-6-14-22)23-15-7-2-8-16-23/h2*1-21H,(H,30,31)/b2*29-27+. The molecule has 8 aromatic rings. The lowest BCUT2D eigenvalue weighted by Crippen LogP contribution is -2.19. The van der Waals surface area contributed by atoms with Gasteiger partial charge in [-0.25, -0.2) is 10.9 Å². The number of amides is 2. The van der Waals surface area contributed by atoms with Gasteiger partial charge in [-0.3, -0.25) is 9.59 Å².